The number of benzene rings is 4. The minimum atomic E-state index is -0.445. The Labute approximate surface area is 208 Å². The van der Waals surface area contributed by atoms with Gasteiger partial charge in [0.15, 0.2) is 11.5 Å². The van der Waals surface area contributed by atoms with Crippen LogP contribution in [0.15, 0.2) is 125 Å². The maximum absolute atomic E-state index is 12.5. The molecule has 0 aliphatic carbocycles. The van der Waals surface area contributed by atoms with E-state index in [0.717, 1.165) is 11.3 Å². The predicted octanol–water partition coefficient (Wildman–Crippen LogP) is 7.48. The van der Waals surface area contributed by atoms with Gasteiger partial charge in [0.05, 0.1) is 29.7 Å². The Balaban J connectivity index is 1.73. The van der Waals surface area contributed by atoms with Gasteiger partial charge in [0.25, 0.3) is 0 Å². The van der Waals surface area contributed by atoms with Crippen LogP contribution in [0.25, 0.3) is 16.9 Å². The van der Waals surface area contributed by atoms with E-state index in [4.69, 9.17) is 9.84 Å². The van der Waals surface area contributed by atoms with Gasteiger partial charge in [0.1, 0.15) is 5.69 Å². The zero-order valence-corrected chi connectivity index (χ0v) is 19.6. The fourth-order valence-corrected chi connectivity index (χ4v) is 3.77. The summed E-state index contributed by atoms with van der Waals surface area (Å²) in [5, 5.41) is 17.5. The number of carbonyl (C=O) groups is 1. The summed E-state index contributed by atoms with van der Waals surface area (Å²) in [5.41, 5.74) is 4.58. The van der Waals surface area contributed by atoms with E-state index in [2.05, 4.69) is 15.5 Å². The molecule has 0 spiro atoms. The van der Waals surface area contributed by atoms with Gasteiger partial charge in [-0.15, -0.1) is 5.11 Å². The predicted molar refractivity (Wildman–Crippen MR) is 141 cm³/mol. The molecule has 1 aromatic heterocycles. The third-order valence-corrected chi connectivity index (χ3v) is 5.52. The molecule has 0 aliphatic rings. The summed E-state index contributed by atoms with van der Waals surface area (Å²) in [6.45, 7) is 0. The molecular formula is C29H23N5O2. The fraction of sp³-hybridized carbons (Fsp3) is 0.0345. The molecule has 0 aliphatic heterocycles. The zero-order chi connectivity index (χ0) is 24.7. The number of nitrogens with zero attached hydrogens (tertiary/aromatic N) is 4. The molecule has 7 heteroatoms. The van der Waals surface area contributed by atoms with Crippen LogP contribution in [-0.2, 0) is 4.74 Å². The van der Waals surface area contributed by atoms with Crippen molar-refractivity contribution in [3.8, 4) is 16.9 Å². The molecule has 0 amide bonds. The molecule has 0 bridgehead atoms. The van der Waals surface area contributed by atoms with E-state index in [1.54, 1.807) is 16.8 Å². The first-order valence-corrected chi connectivity index (χ1v) is 11.4. The summed E-state index contributed by atoms with van der Waals surface area (Å²) >= 11 is 0. The number of carbonyl (C=O) groups excluding carboxylic acids is 1. The molecular weight excluding hydrogens is 450 g/mol. The molecule has 0 atom stereocenters. The molecule has 0 radical (unpaired) electrons. The second kappa shape index (κ2) is 10.5. The van der Waals surface area contributed by atoms with Crippen molar-refractivity contribution in [2.45, 2.75) is 0 Å². The molecule has 5 aromatic rings. The van der Waals surface area contributed by atoms with Gasteiger partial charge in [0.2, 0.25) is 0 Å². The van der Waals surface area contributed by atoms with E-state index in [9.17, 15) is 4.79 Å². The van der Waals surface area contributed by atoms with E-state index >= 15 is 0 Å². The van der Waals surface area contributed by atoms with Crippen molar-refractivity contribution < 1.29 is 9.53 Å². The number of hydrogen-bond acceptors (Lipinski definition) is 6. The SMILES string of the molecule is COC(=O)c1ccccc1Nc1c(N=Nc2ccccc2)c(-c2ccccc2)nn1-c1ccccc1. The third-order valence-electron chi connectivity index (χ3n) is 5.52. The lowest BCUT2D eigenvalue weighted by molar-refractivity contribution is 0.0602. The second-order valence-corrected chi connectivity index (χ2v) is 7.86. The summed E-state index contributed by atoms with van der Waals surface area (Å²) in [6, 6.07) is 36.2. The van der Waals surface area contributed by atoms with Crippen LogP contribution >= 0.6 is 0 Å². The Hall–Kier alpha value is -5.04. The largest absolute Gasteiger partial charge is 0.465 e. The number of para-hydroxylation sites is 2. The Morgan fingerprint density at radius 3 is 2.08 bits per heavy atom. The molecule has 7 nitrogen and oxygen atoms in total. The van der Waals surface area contributed by atoms with Gasteiger partial charge in [-0.05, 0) is 36.4 Å². The minimum Gasteiger partial charge on any atom is -0.465 e. The minimum absolute atomic E-state index is 0.396. The van der Waals surface area contributed by atoms with Crippen molar-refractivity contribution in [2.75, 3.05) is 12.4 Å². The van der Waals surface area contributed by atoms with Gasteiger partial charge >= 0.3 is 5.97 Å². The monoisotopic (exact) mass is 473 g/mol. The van der Waals surface area contributed by atoms with Crippen molar-refractivity contribution in [3.63, 3.8) is 0 Å². The molecule has 0 unspecified atom stereocenters. The van der Waals surface area contributed by atoms with E-state index in [1.807, 2.05) is 103 Å². The number of hydrogen-bond donors (Lipinski definition) is 1. The molecule has 1 heterocycles. The van der Waals surface area contributed by atoms with E-state index < -0.39 is 5.97 Å². The molecule has 5 rings (SSSR count). The van der Waals surface area contributed by atoms with Gasteiger partial charge in [-0.3, -0.25) is 0 Å². The molecule has 36 heavy (non-hydrogen) atoms. The van der Waals surface area contributed by atoms with Crippen LogP contribution in [0, 0.1) is 0 Å². The van der Waals surface area contributed by atoms with Gasteiger partial charge in [0, 0.05) is 5.56 Å². The van der Waals surface area contributed by atoms with Crippen LogP contribution in [-0.4, -0.2) is 22.9 Å². The normalized spacial score (nSPS) is 10.9. The first-order chi connectivity index (χ1) is 17.7. The number of azo groups is 1. The molecule has 0 saturated carbocycles. The highest BCUT2D eigenvalue weighted by molar-refractivity contribution is 5.97. The van der Waals surface area contributed by atoms with Gasteiger partial charge in [-0.1, -0.05) is 78.9 Å². The number of methoxy groups -OCH3 is 1. The average molecular weight is 474 g/mol. The van der Waals surface area contributed by atoms with Crippen molar-refractivity contribution in [1.82, 2.24) is 9.78 Å². The molecule has 1 N–H and O–H groups in total. The van der Waals surface area contributed by atoms with Gasteiger partial charge < -0.3 is 10.1 Å². The summed E-state index contributed by atoms with van der Waals surface area (Å²) in [6.07, 6.45) is 0. The second-order valence-electron chi connectivity index (χ2n) is 7.86. The molecule has 4 aromatic carbocycles. The summed E-state index contributed by atoms with van der Waals surface area (Å²) in [7, 11) is 1.36. The first-order valence-electron chi connectivity index (χ1n) is 11.4. The number of anilines is 2. The Bertz CT molecular complexity index is 1500. The zero-order valence-electron chi connectivity index (χ0n) is 19.6. The quantitative estimate of drug-likeness (QED) is 0.196. The Morgan fingerprint density at radius 2 is 1.39 bits per heavy atom. The Kier molecular flexibility index (Phi) is 6.62. The lowest BCUT2D eigenvalue weighted by Gasteiger charge is -2.13. The summed E-state index contributed by atoms with van der Waals surface area (Å²) in [4.78, 5) is 12.5. The average Bonchev–Trinajstić information content (AvgIpc) is 3.31. The van der Waals surface area contributed by atoms with Crippen molar-refractivity contribution in [2.24, 2.45) is 10.2 Å². The maximum Gasteiger partial charge on any atom is 0.339 e. The highest BCUT2D eigenvalue weighted by Gasteiger charge is 2.22. The first kappa shape index (κ1) is 22.7. The van der Waals surface area contributed by atoms with Crippen LogP contribution in [0.3, 0.4) is 0 Å². The number of aromatic nitrogens is 2. The summed E-state index contributed by atoms with van der Waals surface area (Å²) < 4.78 is 6.77. The number of rotatable bonds is 7. The van der Waals surface area contributed by atoms with Gasteiger partial charge in [-0.25, -0.2) is 9.48 Å². The van der Waals surface area contributed by atoms with Crippen LogP contribution in [0.1, 0.15) is 10.4 Å². The van der Waals surface area contributed by atoms with Gasteiger partial charge in [-0.2, -0.15) is 10.2 Å². The standard InChI is InChI=1S/C29H23N5O2/c1-36-29(35)24-19-11-12-20-25(24)30-28-27(32-31-22-15-7-3-8-16-22)26(21-13-5-2-6-14-21)33-34(28)23-17-9-4-10-18-23/h2-20,30H,1H3. The van der Waals surface area contributed by atoms with Crippen molar-refractivity contribution in [3.05, 3.63) is 121 Å². The highest BCUT2D eigenvalue weighted by Crippen LogP contribution is 2.41. The molecule has 0 fully saturated rings. The lowest BCUT2D eigenvalue weighted by Crippen LogP contribution is -2.08. The lowest BCUT2D eigenvalue weighted by atomic mass is 10.1. The number of ether oxygens (including phenoxy) is 1. The van der Waals surface area contributed by atoms with Crippen LogP contribution < -0.4 is 5.32 Å². The van der Waals surface area contributed by atoms with Crippen molar-refractivity contribution >= 4 is 28.8 Å². The smallest absolute Gasteiger partial charge is 0.339 e. The maximum atomic E-state index is 12.5. The molecule has 176 valence electrons. The topological polar surface area (TPSA) is 80.9 Å². The van der Waals surface area contributed by atoms with Crippen LogP contribution in [0.4, 0.5) is 22.9 Å². The number of esters is 1. The fourth-order valence-electron chi connectivity index (χ4n) is 3.77. The van der Waals surface area contributed by atoms with Crippen LogP contribution in [0.5, 0.6) is 0 Å². The summed E-state index contributed by atoms with van der Waals surface area (Å²) in [5.74, 6) is 0.121. The molecule has 0 saturated heterocycles. The van der Waals surface area contributed by atoms with E-state index in [-0.39, 0.29) is 0 Å². The highest BCUT2D eigenvalue weighted by atomic mass is 16.5. The number of nitrogens with one attached hydrogen (secondary N) is 1. The van der Waals surface area contributed by atoms with Crippen molar-refractivity contribution in [1.29, 1.82) is 0 Å². The van der Waals surface area contributed by atoms with Crippen LogP contribution in [0.2, 0.25) is 0 Å². The van der Waals surface area contributed by atoms with E-state index in [0.29, 0.717) is 34.1 Å². The van der Waals surface area contributed by atoms with E-state index in [1.165, 1.54) is 7.11 Å². The third kappa shape index (κ3) is 4.76. The Morgan fingerprint density at radius 1 is 0.778 bits per heavy atom.